The van der Waals surface area contributed by atoms with Gasteiger partial charge >= 0.3 is 0 Å². The number of hydrogen-bond acceptors (Lipinski definition) is 5. The molecule has 35 heavy (non-hydrogen) atoms. The zero-order chi connectivity index (χ0) is 24.0. The first-order valence-corrected chi connectivity index (χ1v) is 13.8. The van der Waals surface area contributed by atoms with Crippen LogP contribution in [0.15, 0.2) is 53.9 Å². The summed E-state index contributed by atoms with van der Waals surface area (Å²) in [6.07, 6.45) is 11.7. The summed E-state index contributed by atoms with van der Waals surface area (Å²) >= 11 is 1.45. The van der Waals surface area contributed by atoms with Crippen LogP contribution in [0.25, 0.3) is 17.1 Å². The third-order valence-corrected chi connectivity index (χ3v) is 9.55. The maximum Gasteiger partial charge on any atom is 0.230 e. The molecule has 4 saturated carbocycles. The average Bonchev–Trinajstić information content (AvgIpc) is 3.26. The van der Waals surface area contributed by atoms with Crippen molar-refractivity contribution in [2.45, 2.75) is 63.6 Å². The van der Waals surface area contributed by atoms with Gasteiger partial charge in [-0.25, -0.2) is 0 Å². The molecule has 1 unspecified atom stereocenters. The van der Waals surface area contributed by atoms with E-state index in [1.165, 1.54) is 50.3 Å². The van der Waals surface area contributed by atoms with Gasteiger partial charge in [-0.1, -0.05) is 30.0 Å². The van der Waals surface area contributed by atoms with E-state index >= 15 is 0 Å². The Hall–Kier alpha value is -2.67. The molecule has 1 N–H and O–H groups in total. The monoisotopic (exact) mass is 487 g/mol. The van der Waals surface area contributed by atoms with Crippen LogP contribution in [-0.2, 0) is 4.79 Å². The van der Waals surface area contributed by atoms with Gasteiger partial charge in [0.2, 0.25) is 5.91 Å². The molecule has 1 amide bonds. The molecule has 7 heteroatoms. The Labute approximate surface area is 211 Å². The van der Waals surface area contributed by atoms with Gasteiger partial charge in [0, 0.05) is 24.0 Å². The van der Waals surface area contributed by atoms with Gasteiger partial charge in [-0.3, -0.25) is 14.3 Å². The van der Waals surface area contributed by atoms with Crippen LogP contribution in [0.2, 0.25) is 0 Å². The molecule has 0 saturated heterocycles. The molecule has 4 fully saturated rings. The summed E-state index contributed by atoms with van der Waals surface area (Å²) in [6.45, 7) is 4.32. The van der Waals surface area contributed by atoms with Gasteiger partial charge in [-0.05, 0) is 99.3 Å². The lowest BCUT2D eigenvalue weighted by Gasteiger charge is -2.59. The average molecular weight is 488 g/mol. The number of carbonyl (C=O) groups is 1. The van der Waals surface area contributed by atoms with Gasteiger partial charge in [0.15, 0.2) is 11.0 Å². The highest BCUT2D eigenvalue weighted by atomic mass is 32.2. The number of nitrogens with one attached hydrogen (secondary N) is 1. The van der Waals surface area contributed by atoms with E-state index in [4.69, 9.17) is 0 Å². The van der Waals surface area contributed by atoms with Crippen molar-refractivity contribution in [2.24, 2.45) is 23.2 Å². The van der Waals surface area contributed by atoms with Crippen LogP contribution in [0, 0.1) is 30.1 Å². The second kappa shape index (κ2) is 9.08. The number of benzene rings is 1. The Bertz CT molecular complexity index is 1190. The van der Waals surface area contributed by atoms with Crippen LogP contribution < -0.4 is 5.32 Å². The number of hydrogen-bond donors (Lipinski definition) is 1. The second-order valence-corrected chi connectivity index (χ2v) is 12.0. The van der Waals surface area contributed by atoms with E-state index in [-0.39, 0.29) is 11.9 Å². The second-order valence-electron chi connectivity index (χ2n) is 11.0. The van der Waals surface area contributed by atoms with E-state index in [2.05, 4.69) is 46.5 Å². The minimum Gasteiger partial charge on any atom is -0.352 e. The molecular formula is C28H33N5OS. The first kappa shape index (κ1) is 22.8. The minimum absolute atomic E-state index is 0.0838. The zero-order valence-corrected chi connectivity index (χ0v) is 21.3. The number of para-hydroxylation sites is 1. The molecule has 2 aromatic heterocycles. The molecule has 0 aliphatic heterocycles. The predicted octanol–water partition coefficient (Wildman–Crippen LogP) is 5.45. The molecule has 1 atom stereocenters. The van der Waals surface area contributed by atoms with Gasteiger partial charge < -0.3 is 5.32 Å². The van der Waals surface area contributed by atoms with Gasteiger partial charge in [-0.15, -0.1) is 10.2 Å². The third-order valence-electron chi connectivity index (χ3n) is 8.62. The number of nitrogens with zero attached hydrogens (tertiary/aromatic N) is 4. The fraction of sp³-hybridized carbons (Fsp3) is 0.500. The van der Waals surface area contributed by atoms with Crippen LogP contribution in [0.1, 0.15) is 51.0 Å². The maximum absolute atomic E-state index is 13.1. The fourth-order valence-electron chi connectivity index (χ4n) is 7.35. The highest BCUT2D eigenvalue weighted by molar-refractivity contribution is 7.99. The molecule has 7 rings (SSSR count). The van der Waals surface area contributed by atoms with Crippen molar-refractivity contribution in [1.29, 1.82) is 0 Å². The van der Waals surface area contributed by atoms with E-state index in [0.717, 1.165) is 45.5 Å². The van der Waals surface area contributed by atoms with Crippen LogP contribution in [0.5, 0.6) is 0 Å². The van der Waals surface area contributed by atoms with Crippen LogP contribution in [0.4, 0.5) is 0 Å². The van der Waals surface area contributed by atoms with E-state index in [1.807, 2.05) is 28.8 Å². The third kappa shape index (κ3) is 4.28. The first-order chi connectivity index (χ1) is 17.0. The minimum atomic E-state index is 0.0838. The summed E-state index contributed by atoms with van der Waals surface area (Å²) in [6, 6.07) is 12.3. The number of amides is 1. The van der Waals surface area contributed by atoms with Crippen molar-refractivity contribution in [1.82, 2.24) is 25.1 Å². The topological polar surface area (TPSA) is 72.7 Å². The molecule has 6 nitrogen and oxygen atoms in total. The summed E-state index contributed by atoms with van der Waals surface area (Å²) in [5.74, 6) is 3.79. The summed E-state index contributed by atoms with van der Waals surface area (Å²) in [5.41, 5.74) is 3.35. The molecule has 4 aliphatic rings. The Kier molecular flexibility index (Phi) is 5.91. The Morgan fingerprint density at radius 2 is 1.80 bits per heavy atom. The number of rotatable bonds is 7. The molecule has 1 aromatic carbocycles. The van der Waals surface area contributed by atoms with E-state index in [1.54, 1.807) is 12.4 Å². The van der Waals surface area contributed by atoms with Gasteiger partial charge in [0.25, 0.3) is 0 Å². The molecule has 4 aliphatic carbocycles. The first-order valence-electron chi connectivity index (χ1n) is 12.8. The maximum atomic E-state index is 13.1. The van der Waals surface area contributed by atoms with E-state index < -0.39 is 0 Å². The summed E-state index contributed by atoms with van der Waals surface area (Å²) in [7, 11) is 0. The molecule has 182 valence electrons. The Morgan fingerprint density at radius 3 is 2.46 bits per heavy atom. The quantitative estimate of drug-likeness (QED) is 0.449. The fourth-order valence-corrected chi connectivity index (χ4v) is 8.11. The van der Waals surface area contributed by atoms with Crippen LogP contribution >= 0.6 is 11.8 Å². The lowest BCUT2D eigenvalue weighted by molar-refractivity contribution is -0.123. The van der Waals surface area contributed by atoms with Crippen molar-refractivity contribution in [3.05, 3.63) is 54.4 Å². The largest absolute Gasteiger partial charge is 0.352 e. The number of aromatic nitrogens is 4. The Balaban J connectivity index is 1.19. The van der Waals surface area contributed by atoms with Crippen LogP contribution in [-0.4, -0.2) is 37.5 Å². The lowest BCUT2D eigenvalue weighted by Crippen LogP contribution is -2.56. The number of thioether (sulfide) groups is 1. The molecule has 0 radical (unpaired) electrons. The lowest BCUT2D eigenvalue weighted by atomic mass is 9.48. The van der Waals surface area contributed by atoms with Crippen molar-refractivity contribution in [3.8, 4) is 17.1 Å². The van der Waals surface area contributed by atoms with Gasteiger partial charge in [0.1, 0.15) is 0 Å². The van der Waals surface area contributed by atoms with Crippen molar-refractivity contribution < 1.29 is 4.79 Å². The van der Waals surface area contributed by atoms with Gasteiger partial charge in [0.05, 0.1) is 11.4 Å². The zero-order valence-electron chi connectivity index (χ0n) is 20.5. The SMILES string of the molecule is Cc1ccccc1-n1c(SCC(=O)NC(C)C23CC4CC(CC(C4)C2)C3)nnc1-c1cccnc1. The predicted molar refractivity (Wildman–Crippen MR) is 138 cm³/mol. The molecule has 3 aromatic rings. The van der Waals surface area contributed by atoms with Crippen molar-refractivity contribution in [2.75, 3.05) is 5.75 Å². The Morgan fingerprint density at radius 1 is 1.09 bits per heavy atom. The summed E-state index contributed by atoms with van der Waals surface area (Å²) in [4.78, 5) is 17.4. The number of pyridine rings is 1. The normalized spacial score (nSPS) is 27.7. The van der Waals surface area contributed by atoms with Gasteiger partial charge in [-0.2, -0.15) is 0 Å². The van der Waals surface area contributed by atoms with Crippen LogP contribution in [0.3, 0.4) is 0 Å². The molecule has 0 spiro atoms. The number of carbonyl (C=O) groups excluding carboxylic acids is 1. The summed E-state index contributed by atoms with van der Waals surface area (Å²) < 4.78 is 2.05. The summed E-state index contributed by atoms with van der Waals surface area (Å²) in [5, 5.41) is 13.1. The smallest absolute Gasteiger partial charge is 0.230 e. The number of aryl methyl sites for hydroxylation is 1. The molecular weight excluding hydrogens is 454 g/mol. The van der Waals surface area contributed by atoms with Crippen molar-refractivity contribution >= 4 is 17.7 Å². The van der Waals surface area contributed by atoms with E-state index in [0.29, 0.717) is 11.2 Å². The molecule has 4 bridgehead atoms. The highest BCUT2D eigenvalue weighted by Gasteiger charge is 2.53. The molecule has 2 heterocycles. The standard InChI is InChI=1S/C28H33N5OS/c1-18-6-3-4-8-24(18)33-26(23-7-5-9-29-16-23)31-32-27(33)35-17-25(34)30-19(2)28-13-20-10-21(14-28)12-22(11-20)15-28/h3-9,16,19-22H,10-15,17H2,1-2H3,(H,30,34). The van der Waals surface area contributed by atoms with E-state index in [9.17, 15) is 4.79 Å². The van der Waals surface area contributed by atoms with Crippen molar-refractivity contribution in [3.63, 3.8) is 0 Å². The highest BCUT2D eigenvalue weighted by Crippen LogP contribution is 2.61.